The lowest BCUT2D eigenvalue weighted by Crippen LogP contribution is -3.15. The molecule has 0 aliphatic carbocycles. The molecule has 1 aliphatic heterocycles. The van der Waals surface area contributed by atoms with Crippen molar-refractivity contribution in [3.8, 4) is 0 Å². The Hall–Kier alpha value is -1.35. The minimum Gasteiger partial charge on any atom is -0.360 e. The number of allylic oxidation sites excluding steroid dienone is 2. The number of hydrogen-bond donors (Lipinski definition) is 1. The van der Waals surface area contributed by atoms with Crippen LogP contribution in [0.3, 0.4) is 0 Å². The zero-order valence-corrected chi connectivity index (χ0v) is 14.2. The van der Waals surface area contributed by atoms with Crippen LogP contribution in [0.15, 0.2) is 35.9 Å². The fraction of sp³-hybridized carbons (Fsp3) is 0.579. The minimum absolute atomic E-state index is 0.154. The van der Waals surface area contributed by atoms with Gasteiger partial charge in [0.15, 0.2) is 0 Å². The Morgan fingerprint density at radius 2 is 1.86 bits per heavy atom. The normalized spacial score (nSPS) is 17.4. The van der Waals surface area contributed by atoms with E-state index in [0.717, 1.165) is 24.7 Å². The number of nitrogens with one attached hydrogen (secondary N) is 1. The standard InChI is InChI=1S/C19H29FN2/c1-16(2)5-4-6-17(3)15-21-11-13-22(14-12-21)19-9-7-18(20)8-10-19/h5,7-10,17H,4,6,11-15H2,1-3H3/p+1/t17-/m1/s1. The molecular weight excluding hydrogens is 275 g/mol. The number of anilines is 1. The Bertz CT molecular complexity index is 469. The highest BCUT2D eigenvalue weighted by Gasteiger charge is 2.21. The van der Waals surface area contributed by atoms with Crippen molar-refractivity contribution in [2.24, 2.45) is 5.92 Å². The maximum atomic E-state index is 13.0. The van der Waals surface area contributed by atoms with Crippen molar-refractivity contribution in [3.63, 3.8) is 0 Å². The number of hydrogen-bond acceptors (Lipinski definition) is 1. The zero-order chi connectivity index (χ0) is 15.9. The molecule has 0 amide bonds. The highest BCUT2D eigenvalue weighted by atomic mass is 19.1. The first-order valence-electron chi connectivity index (χ1n) is 8.52. The third-order valence-electron chi connectivity index (χ3n) is 4.51. The Morgan fingerprint density at radius 3 is 2.45 bits per heavy atom. The molecule has 0 unspecified atom stereocenters. The number of nitrogens with zero attached hydrogens (tertiary/aromatic N) is 1. The maximum absolute atomic E-state index is 13.0. The van der Waals surface area contributed by atoms with E-state index in [1.807, 2.05) is 12.1 Å². The summed E-state index contributed by atoms with van der Waals surface area (Å²) in [4.78, 5) is 4.08. The van der Waals surface area contributed by atoms with Gasteiger partial charge in [0.2, 0.25) is 0 Å². The second kappa shape index (κ2) is 8.33. The van der Waals surface area contributed by atoms with Crippen molar-refractivity contribution in [2.75, 3.05) is 37.6 Å². The summed E-state index contributed by atoms with van der Waals surface area (Å²) in [5, 5.41) is 0. The van der Waals surface area contributed by atoms with Gasteiger partial charge in [0.05, 0.1) is 32.7 Å². The molecule has 0 aromatic heterocycles. The van der Waals surface area contributed by atoms with Gasteiger partial charge in [-0.05, 0) is 51.0 Å². The molecule has 3 heteroatoms. The summed E-state index contributed by atoms with van der Waals surface area (Å²) < 4.78 is 13.0. The number of piperazine rings is 1. The van der Waals surface area contributed by atoms with E-state index in [9.17, 15) is 4.39 Å². The van der Waals surface area contributed by atoms with Crippen molar-refractivity contribution in [1.29, 1.82) is 0 Å². The van der Waals surface area contributed by atoms with Gasteiger partial charge in [-0.15, -0.1) is 0 Å². The quantitative estimate of drug-likeness (QED) is 0.794. The number of benzene rings is 1. The van der Waals surface area contributed by atoms with Crippen LogP contribution in [0.5, 0.6) is 0 Å². The van der Waals surface area contributed by atoms with Crippen molar-refractivity contribution < 1.29 is 9.29 Å². The summed E-state index contributed by atoms with van der Waals surface area (Å²) in [5.41, 5.74) is 2.57. The van der Waals surface area contributed by atoms with Gasteiger partial charge in [-0.25, -0.2) is 4.39 Å². The van der Waals surface area contributed by atoms with E-state index in [4.69, 9.17) is 0 Å². The van der Waals surface area contributed by atoms with E-state index in [1.54, 1.807) is 17.0 Å². The predicted octanol–water partition coefficient (Wildman–Crippen LogP) is 2.91. The first-order valence-corrected chi connectivity index (χ1v) is 8.52. The van der Waals surface area contributed by atoms with E-state index in [1.165, 1.54) is 38.0 Å². The fourth-order valence-corrected chi connectivity index (χ4v) is 3.19. The fourth-order valence-electron chi connectivity index (χ4n) is 3.19. The first kappa shape index (κ1) is 17.0. The molecule has 122 valence electrons. The van der Waals surface area contributed by atoms with E-state index in [2.05, 4.69) is 31.7 Å². The molecule has 0 spiro atoms. The average Bonchev–Trinajstić information content (AvgIpc) is 2.48. The Labute approximate surface area is 134 Å². The van der Waals surface area contributed by atoms with Crippen LogP contribution in [0.4, 0.5) is 10.1 Å². The molecule has 1 heterocycles. The monoisotopic (exact) mass is 305 g/mol. The van der Waals surface area contributed by atoms with Gasteiger partial charge in [0, 0.05) is 11.6 Å². The number of halogens is 1. The average molecular weight is 305 g/mol. The predicted molar refractivity (Wildman–Crippen MR) is 92.0 cm³/mol. The molecule has 1 atom stereocenters. The van der Waals surface area contributed by atoms with E-state index >= 15 is 0 Å². The smallest absolute Gasteiger partial charge is 0.123 e. The third-order valence-corrected chi connectivity index (χ3v) is 4.51. The van der Waals surface area contributed by atoms with E-state index < -0.39 is 0 Å². The molecule has 22 heavy (non-hydrogen) atoms. The summed E-state index contributed by atoms with van der Waals surface area (Å²) in [6.45, 7) is 12.5. The topological polar surface area (TPSA) is 7.68 Å². The van der Waals surface area contributed by atoms with Crippen LogP contribution in [0.1, 0.15) is 33.6 Å². The lowest BCUT2D eigenvalue weighted by Gasteiger charge is -2.34. The number of quaternary nitrogens is 1. The molecule has 0 saturated carbocycles. The lowest BCUT2D eigenvalue weighted by molar-refractivity contribution is -0.903. The second-order valence-electron chi connectivity index (χ2n) is 6.88. The summed E-state index contributed by atoms with van der Waals surface area (Å²) in [6, 6.07) is 6.89. The summed E-state index contributed by atoms with van der Waals surface area (Å²) in [5.74, 6) is 0.626. The largest absolute Gasteiger partial charge is 0.360 e. The van der Waals surface area contributed by atoms with Crippen molar-refractivity contribution in [3.05, 3.63) is 41.7 Å². The molecule has 0 radical (unpaired) electrons. The Kier molecular flexibility index (Phi) is 6.44. The summed E-state index contributed by atoms with van der Waals surface area (Å²) in [7, 11) is 0. The van der Waals surface area contributed by atoms with Gasteiger partial charge in [0.1, 0.15) is 5.82 Å². The second-order valence-corrected chi connectivity index (χ2v) is 6.88. The molecule has 1 aromatic carbocycles. The van der Waals surface area contributed by atoms with Crippen LogP contribution in [-0.4, -0.2) is 32.7 Å². The molecule has 2 nitrogen and oxygen atoms in total. The Morgan fingerprint density at radius 1 is 1.23 bits per heavy atom. The zero-order valence-electron chi connectivity index (χ0n) is 14.2. The van der Waals surface area contributed by atoms with Crippen molar-refractivity contribution in [1.82, 2.24) is 0 Å². The molecule has 1 saturated heterocycles. The van der Waals surface area contributed by atoms with Crippen molar-refractivity contribution >= 4 is 5.69 Å². The van der Waals surface area contributed by atoms with Gasteiger partial charge >= 0.3 is 0 Å². The van der Waals surface area contributed by atoms with E-state index in [-0.39, 0.29) is 5.82 Å². The third kappa shape index (κ3) is 5.45. The minimum atomic E-state index is -0.154. The molecule has 1 aromatic rings. The molecule has 1 aliphatic rings. The van der Waals surface area contributed by atoms with Crippen LogP contribution < -0.4 is 9.80 Å². The van der Waals surface area contributed by atoms with Crippen LogP contribution in [-0.2, 0) is 0 Å². The number of rotatable bonds is 6. The van der Waals surface area contributed by atoms with Crippen LogP contribution in [0, 0.1) is 11.7 Å². The van der Waals surface area contributed by atoms with Crippen LogP contribution in [0.25, 0.3) is 0 Å². The van der Waals surface area contributed by atoms with Crippen LogP contribution in [0.2, 0.25) is 0 Å². The Balaban J connectivity index is 1.72. The SMILES string of the molecule is CC(C)=CCC[C@@H](C)C[NH+]1CCN(c2ccc(F)cc2)CC1. The lowest BCUT2D eigenvalue weighted by atomic mass is 10.0. The van der Waals surface area contributed by atoms with Crippen molar-refractivity contribution in [2.45, 2.75) is 33.6 Å². The summed E-state index contributed by atoms with van der Waals surface area (Å²) in [6.07, 6.45) is 4.84. The van der Waals surface area contributed by atoms with Gasteiger partial charge in [-0.1, -0.05) is 18.6 Å². The molecule has 2 rings (SSSR count). The van der Waals surface area contributed by atoms with Gasteiger partial charge in [0.25, 0.3) is 0 Å². The maximum Gasteiger partial charge on any atom is 0.123 e. The van der Waals surface area contributed by atoms with E-state index in [0.29, 0.717) is 0 Å². The summed E-state index contributed by atoms with van der Waals surface area (Å²) >= 11 is 0. The van der Waals surface area contributed by atoms with Gasteiger partial charge < -0.3 is 9.80 Å². The highest BCUT2D eigenvalue weighted by Crippen LogP contribution is 2.14. The highest BCUT2D eigenvalue weighted by molar-refractivity contribution is 5.46. The van der Waals surface area contributed by atoms with Gasteiger partial charge in [-0.3, -0.25) is 0 Å². The molecule has 0 bridgehead atoms. The molecule has 1 N–H and O–H groups in total. The van der Waals surface area contributed by atoms with Gasteiger partial charge in [-0.2, -0.15) is 0 Å². The molecule has 1 fully saturated rings. The van der Waals surface area contributed by atoms with Crippen LogP contribution >= 0.6 is 0 Å². The molecular formula is C19H30FN2+. The first-order chi connectivity index (χ1) is 10.5.